The van der Waals surface area contributed by atoms with Gasteiger partial charge in [-0.3, -0.25) is 0 Å². The Morgan fingerprint density at radius 3 is 2.16 bits per heavy atom. The summed E-state index contributed by atoms with van der Waals surface area (Å²) < 4.78 is 43.4. The highest BCUT2D eigenvalue weighted by Crippen LogP contribution is 2.28. The molecule has 0 saturated heterocycles. The van der Waals surface area contributed by atoms with Crippen LogP contribution in [0.4, 0.5) is 0 Å². The SMILES string of the molecule is CCOc1ccc(CNS(=O)(=O)c2ccc(OC)cc2)cc1OCC. The summed E-state index contributed by atoms with van der Waals surface area (Å²) in [5.41, 5.74) is 0.781. The zero-order valence-corrected chi connectivity index (χ0v) is 15.4. The molecule has 0 fully saturated rings. The average Bonchev–Trinajstić information content (AvgIpc) is 2.62. The van der Waals surface area contributed by atoms with Crippen molar-refractivity contribution in [2.24, 2.45) is 0 Å². The van der Waals surface area contributed by atoms with Crippen LogP contribution in [0.5, 0.6) is 17.2 Å². The summed E-state index contributed by atoms with van der Waals surface area (Å²) >= 11 is 0. The standard InChI is InChI=1S/C18H23NO5S/c1-4-23-17-11-6-14(12-18(17)24-5-2)13-19-25(20,21)16-9-7-15(22-3)8-10-16/h6-12,19H,4-5,13H2,1-3H3. The van der Waals surface area contributed by atoms with Crippen molar-refractivity contribution in [1.29, 1.82) is 0 Å². The molecule has 0 bridgehead atoms. The molecule has 136 valence electrons. The second kappa shape index (κ2) is 8.73. The largest absolute Gasteiger partial charge is 0.497 e. The van der Waals surface area contributed by atoms with E-state index in [0.717, 1.165) is 5.56 Å². The maximum Gasteiger partial charge on any atom is 0.240 e. The number of sulfonamides is 1. The molecule has 0 spiro atoms. The average molecular weight is 365 g/mol. The van der Waals surface area contributed by atoms with Crippen LogP contribution in [0.2, 0.25) is 0 Å². The third-order valence-electron chi connectivity index (χ3n) is 3.44. The smallest absolute Gasteiger partial charge is 0.240 e. The summed E-state index contributed by atoms with van der Waals surface area (Å²) in [7, 11) is -2.08. The van der Waals surface area contributed by atoms with E-state index < -0.39 is 10.0 Å². The normalized spacial score (nSPS) is 11.2. The van der Waals surface area contributed by atoms with Gasteiger partial charge in [0.1, 0.15) is 5.75 Å². The van der Waals surface area contributed by atoms with Crippen molar-refractivity contribution in [3.05, 3.63) is 48.0 Å². The lowest BCUT2D eigenvalue weighted by Gasteiger charge is -2.13. The third kappa shape index (κ3) is 5.11. The molecular formula is C18H23NO5S. The van der Waals surface area contributed by atoms with Gasteiger partial charge >= 0.3 is 0 Å². The molecular weight excluding hydrogens is 342 g/mol. The number of rotatable bonds is 9. The topological polar surface area (TPSA) is 73.9 Å². The molecule has 7 heteroatoms. The number of benzene rings is 2. The summed E-state index contributed by atoms with van der Waals surface area (Å²) in [6.45, 7) is 4.97. The van der Waals surface area contributed by atoms with Crippen LogP contribution in [0.3, 0.4) is 0 Å². The van der Waals surface area contributed by atoms with E-state index in [-0.39, 0.29) is 11.4 Å². The lowest BCUT2D eigenvalue weighted by atomic mass is 10.2. The van der Waals surface area contributed by atoms with Crippen molar-refractivity contribution in [2.75, 3.05) is 20.3 Å². The first kappa shape index (κ1) is 19.1. The fourth-order valence-electron chi connectivity index (χ4n) is 2.22. The Labute approximate surface area is 148 Å². The third-order valence-corrected chi connectivity index (χ3v) is 4.86. The minimum Gasteiger partial charge on any atom is -0.497 e. The zero-order chi connectivity index (χ0) is 18.3. The highest BCUT2D eigenvalue weighted by molar-refractivity contribution is 7.89. The van der Waals surface area contributed by atoms with E-state index in [9.17, 15) is 8.42 Å². The Morgan fingerprint density at radius 1 is 0.920 bits per heavy atom. The van der Waals surface area contributed by atoms with Gasteiger partial charge in [0.05, 0.1) is 25.2 Å². The predicted octanol–water partition coefficient (Wildman–Crippen LogP) is 2.97. The zero-order valence-electron chi connectivity index (χ0n) is 14.6. The van der Waals surface area contributed by atoms with Gasteiger partial charge in [0.25, 0.3) is 0 Å². The number of nitrogens with one attached hydrogen (secondary N) is 1. The van der Waals surface area contributed by atoms with Gasteiger partial charge in [-0.15, -0.1) is 0 Å². The number of hydrogen-bond acceptors (Lipinski definition) is 5. The molecule has 1 N–H and O–H groups in total. The quantitative estimate of drug-likeness (QED) is 0.739. The molecule has 0 aliphatic carbocycles. The van der Waals surface area contributed by atoms with Crippen LogP contribution >= 0.6 is 0 Å². The Balaban J connectivity index is 2.12. The molecule has 0 radical (unpaired) electrons. The van der Waals surface area contributed by atoms with E-state index in [2.05, 4.69) is 4.72 Å². The van der Waals surface area contributed by atoms with E-state index in [0.29, 0.717) is 30.5 Å². The van der Waals surface area contributed by atoms with Crippen LogP contribution in [0.1, 0.15) is 19.4 Å². The van der Waals surface area contributed by atoms with Gasteiger partial charge in [-0.25, -0.2) is 13.1 Å². The van der Waals surface area contributed by atoms with Crippen molar-refractivity contribution >= 4 is 10.0 Å². The lowest BCUT2D eigenvalue weighted by Crippen LogP contribution is -2.23. The Hall–Kier alpha value is -2.25. The summed E-state index contributed by atoms with van der Waals surface area (Å²) in [6, 6.07) is 11.6. The van der Waals surface area contributed by atoms with Crippen molar-refractivity contribution in [1.82, 2.24) is 4.72 Å². The second-order valence-electron chi connectivity index (χ2n) is 5.15. The summed E-state index contributed by atoms with van der Waals surface area (Å²) in [4.78, 5) is 0.185. The van der Waals surface area contributed by atoms with Crippen molar-refractivity contribution in [3.63, 3.8) is 0 Å². The first-order chi connectivity index (χ1) is 12.0. The van der Waals surface area contributed by atoms with Gasteiger partial charge in [0, 0.05) is 6.54 Å². The molecule has 2 aromatic rings. The van der Waals surface area contributed by atoms with Crippen LogP contribution < -0.4 is 18.9 Å². The van der Waals surface area contributed by atoms with E-state index >= 15 is 0 Å². The fourth-order valence-corrected chi connectivity index (χ4v) is 3.24. The molecule has 0 heterocycles. The van der Waals surface area contributed by atoms with E-state index in [4.69, 9.17) is 14.2 Å². The van der Waals surface area contributed by atoms with Gasteiger partial charge in [-0.05, 0) is 55.8 Å². The van der Waals surface area contributed by atoms with Gasteiger partial charge < -0.3 is 14.2 Å². The highest BCUT2D eigenvalue weighted by atomic mass is 32.2. The molecule has 6 nitrogen and oxygen atoms in total. The fraction of sp³-hybridized carbons (Fsp3) is 0.333. The van der Waals surface area contributed by atoms with Gasteiger partial charge in [0.15, 0.2) is 11.5 Å². The van der Waals surface area contributed by atoms with E-state index in [1.807, 2.05) is 19.9 Å². The van der Waals surface area contributed by atoms with Gasteiger partial charge in [0.2, 0.25) is 10.0 Å². The van der Waals surface area contributed by atoms with Crippen LogP contribution in [-0.4, -0.2) is 28.7 Å². The number of ether oxygens (including phenoxy) is 3. The first-order valence-corrected chi connectivity index (χ1v) is 9.50. The van der Waals surface area contributed by atoms with Crippen molar-refractivity contribution < 1.29 is 22.6 Å². The molecule has 25 heavy (non-hydrogen) atoms. The number of methoxy groups -OCH3 is 1. The Kier molecular flexibility index (Phi) is 6.66. The summed E-state index contributed by atoms with van der Waals surface area (Å²) in [5, 5.41) is 0. The maximum atomic E-state index is 12.4. The minimum absolute atomic E-state index is 0.154. The molecule has 0 atom stereocenters. The predicted molar refractivity (Wildman–Crippen MR) is 95.8 cm³/mol. The van der Waals surface area contributed by atoms with E-state index in [1.165, 1.54) is 19.2 Å². The molecule has 2 rings (SSSR count). The van der Waals surface area contributed by atoms with Crippen LogP contribution in [0.25, 0.3) is 0 Å². The minimum atomic E-state index is -3.61. The summed E-state index contributed by atoms with van der Waals surface area (Å²) in [5.74, 6) is 1.85. The molecule has 0 amide bonds. The Bertz CT molecular complexity index is 788. The highest BCUT2D eigenvalue weighted by Gasteiger charge is 2.14. The summed E-state index contributed by atoms with van der Waals surface area (Å²) in [6.07, 6.45) is 0. The lowest BCUT2D eigenvalue weighted by molar-refractivity contribution is 0.287. The Morgan fingerprint density at radius 2 is 1.56 bits per heavy atom. The first-order valence-electron chi connectivity index (χ1n) is 8.02. The van der Waals surface area contributed by atoms with Crippen LogP contribution in [0, 0.1) is 0 Å². The van der Waals surface area contributed by atoms with Gasteiger partial charge in [-0.2, -0.15) is 0 Å². The molecule has 0 aliphatic rings. The van der Waals surface area contributed by atoms with Crippen molar-refractivity contribution in [3.8, 4) is 17.2 Å². The molecule has 0 unspecified atom stereocenters. The molecule has 0 saturated carbocycles. The molecule has 0 aromatic heterocycles. The maximum absolute atomic E-state index is 12.4. The second-order valence-corrected chi connectivity index (χ2v) is 6.91. The van der Waals surface area contributed by atoms with Crippen LogP contribution in [0.15, 0.2) is 47.4 Å². The van der Waals surface area contributed by atoms with E-state index in [1.54, 1.807) is 24.3 Å². The van der Waals surface area contributed by atoms with Crippen LogP contribution in [-0.2, 0) is 16.6 Å². The van der Waals surface area contributed by atoms with Crippen molar-refractivity contribution in [2.45, 2.75) is 25.3 Å². The molecule has 2 aromatic carbocycles. The van der Waals surface area contributed by atoms with Gasteiger partial charge in [-0.1, -0.05) is 6.07 Å². The monoisotopic (exact) mass is 365 g/mol. The number of hydrogen-bond donors (Lipinski definition) is 1. The molecule has 0 aliphatic heterocycles.